The summed E-state index contributed by atoms with van der Waals surface area (Å²) in [6.45, 7) is 10.3. The third-order valence-electron chi connectivity index (χ3n) is 2.76. The van der Waals surface area contributed by atoms with Crippen LogP contribution >= 0.6 is 0 Å². The topological polar surface area (TPSA) is 67.6 Å². The highest BCUT2D eigenvalue weighted by atomic mass is 16.5. The molecule has 0 aliphatic carbocycles. The summed E-state index contributed by atoms with van der Waals surface area (Å²) in [5.74, 6) is 0.544. The van der Waals surface area contributed by atoms with Gasteiger partial charge in [0.1, 0.15) is 0 Å². The normalized spacial score (nSPS) is 23.7. The summed E-state index contributed by atoms with van der Waals surface area (Å²) >= 11 is 0. The second kappa shape index (κ2) is 6.93. The van der Waals surface area contributed by atoms with Crippen molar-refractivity contribution in [2.45, 2.75) is 32.9 Å². The van der Waals surface area contributed by atoms with Gasteiger partial charge in [-0.15, -0.1) is 0 Å². The molecule has 0 aromatic heterocycles. The Bertz CT molecular complexity index is 244. The lowest BCUT2D eigenvalue weighted by Gasteiger charge is -2.34. The van der Waals surface area contributed by atoms with Crippen molar-refractivity contribution in [3.05, 3.63) is 0 Å². The van der Waals surface area contributed by atoms with Crippen molar-refractivity contribution in [1.82, 2.24) is 10.2 Å². The Morgan fingerprint density at radius 2 is 2.24 bits per heavy atom. The van der Waals surface area contributed by atoms with Gasteiger partial charge in [0, 0.05) is 26.2 Å². The average molecular weight is 243 g/mol. The van der Waals surface area contributed by atoms with Crippen LogP contribution in [0.1, 0.15) is 20.8 Å². The van der Waals surface area contributed by atoms with Gasteiger partial charge in [-0.3, -0.25) is 9.69 Å². The van der Waals surface area contributed by atoms with Crippen LogP contribution in [0.5, 0.6) is 0 Å². The first kappa shape index (κ1) is 14.4. The van der Waals surface area contributed by atoms with Gasteiger partial charge in [0.2, 0.25) is 5.91 Å². The molecule has 0 aromatic rings. The maximum atomic E-state index is 11.3. The first-order valence-corrected chi connectivity index (χ1v) is 6.36. The highest BCUT2D eigenvalue weighted by molar-refractivity contribution is 5.80. The SMILES string of the molecule is CC(C)CN1CCOC(CNC(=O)[C@@H](C)N)C1. The van der Waals surface area contributed by atoms with E-state index in [4.69, 9.17) is 10.5 Å². The summed E-state index contributed by atoms with van der Waals surface area (Å²) in [5, 5.41) is 2.81. The Balaban J connectivity index is 2.27. The zero-order chi connectivity index (χ0) is 12.8. The van der Waals surface area contributed by atoms with Crippen LogP contribution in [0.2, 0.25) is 0 Å². The number of morpholine rings is 1. The third kappa shape index (κ3) is 5.48. The summed E-state index contributed by atoms with van der Waals surface area (Å²) in [6.07, 6.45) is 0.0881. The maximum Gasteiger partial charge on any atom is 0.236 e. The van der Waals surface area contributed by atoms with Gasteiger partial charge in [-0.2, -0.15) is 0 Å². The monoisotopic (exact) mass is 243 g/mol. The second-order valence-electron chi connectivity index (χ2n) is 5.18. The molecule has 1 aliphatic rings. The molecule has 0 radical (unpaired) electrons. The van der Waals surface area contributed by atoms with Gasteiger partial charge < -0.3 is 15.8 Å². The molecule has 1 unspecified atom stereocenters. The van der Waals surface area contributed by atoms with Crippen molar-refractivity contribution in [3.63, 3.8) is 0 Å². The number of nitrogens with two attached hydrogens (primary N) is 1. The molecule has 1 rings (SSSR count). The molecule has 5 heteroatoms. The smallest absolute Gasteiger partial charge is 0.236 e. The number of nitrogens with zero attached hydrogens (tertiary/aromatic N) is 1. The number of rotatable bonds is 5. The number of hydrogen-bond acceptors (Lipinski definition) is 4. The second-order valence-corrected chi connectivity index (χ2v) is 5.18. The summed E-state index contributed by atoms with van der Waals surface area (Å²) in [6, 6.07) is -0.453. The van der Waals surface area contributed by atoms with E-state index in [0.29, 0.717) is 12.5 Å². The zero-order valence-electron chi connectivity index (χ0n) is 11.1. The molecule has 100 valence electrons. The van der Waals surface area contributed by atoms with Crippen LogP contribution in [0.4, 0.5) is 0 Å². The molecule has 1 saturated heterocycles. The standard InChI is InChI=1S/C12H25N3O2/c1-9(2)7-15-4-5-17-11(8-15)6-14-12(16)10(3)13/h9-11H,4-8,13H2,1-3H3,(H,14,16)/t10-,11?/m1/s1. The van der Waals surface area contributed by atoms with E-state index in [9.17, 15) is 4.79 Å². The van der Waals surface area contributed by atoms with Gasteiger partial charge in [-0.05, 0) is 12.8 Å². The van der Waals surface area contributed by atoms with Crippen LogP contribution in [0.15, 0.2) is 0 Å². The first-order chi connectivity index (χ1) is 7.99. The van der Waals surface area contributed by atoms with Crippen LogP contribution in [0.25, 0.3) is 0 Å². The molecule has 1 heterocycles. The molecule has 0 spiro atoms. The summed E-state index contributed by atoms with van der Waals surface area (Å²) in [5.41, 5.74) is 5.48. The minimum Gasteiger partial charge on any atom is -0.374 e. The predicted octanol–water partition coefficient (Wildman–Crippen LogP) is -0.193. The number of ether oxygens (including phenoxy) is 1. The fraction of sp³-hybridized carbons (Fsp3) is 0.917. The fourth-order valence-corrected chi connectivity index (χ4v) is 1.96. The van der Waals surface area contributed by atoms with E-state index in [1.165, 1.54) is 0 Å². The lowest BCUT2D eigenvalue weighted by Crippen LogP contribution is -2.50. The Morgan fingerprint density at radius 1 is 1.53 bits per heavy atom. The van der Waals surface area contributed by atoms with Crippen molar-refractivity contribution in [2.24, 2.45) is 11.7 Å². The maximum absolute atomic E-state index is 11.3. The van der Waals surface area contributed by atoms with Gasteiger partial charge in [0.05, 0.1) is 18.8 Å². The van der Waals surface area contributed by atoms with E-state index in [0.717, 1.165) is 26.2 Å². The summed E-state index contributed by atoms with van der Waals surface area (Å²) in [7, 11) is 0. The van der Waals surface area contributed by atoms with Gasteiger partial charge in [0.15, 0.2) is 0 Å². The minimum atomic E-state index is -0.453. The highest BCUT2D eigenvalue weighted by Crippen LogP contribution is 2.07. The average Bonchev–Trinajstić information content (AvgIpc) is 2.25. The van der Waals surface area contributed by atoms with E-state index >= 15 is 0 Å². The van der Waals surface area contributed by atoms with E-state index in [2.05, 4.69) is 24.1 Å². The van der Waals surface area contributed by atoms with Gasteiger partial charge >= 0.3 is 0 Å². The number of hydrogen-bond donors (Lipinski definition) is 2. The lowest BCUT2D eigenvalue weighted by atomic mass is 10.2. The molecule has 5 nitrogen and oxygen atoms in total. The van der Waals surface area contributed by atoms with Gasteiger partial charge in [0.25, 0.3) is 0 Å². The molecule has 17 heavy (non-hydrogen) atoms. The van der Waals surface area contributed by atoms with E-state index in [1.54, 1.807) is 6.92 Å². The molecule has 1 aliphatic heterocycles. The van der Waals surface area contributed by atoms with E-state index < -0.39 is 6.04 Å². The highest BCUT2D eigenvalue weighted by Gasteiger charge is 2.21. The fourth-order valence-electron chi connectivity index (χ4n) is 1.96. The van der Waals surface area contributed by atoms with Crippen LogP contribution in [0, 0.1) is 5.92 Å². The first-order valence-electron chi connectivity index (χ1n) is 6.36. The van der Waals surface area contributed by atoms with Crippen LogP contribution in [-0.4, -0.2) is 55.7 Å². The van der Waals surface area contributed by atoms with Crippen LogP contribution in [-0.2, 0) is 9.53 Å². The molecule has 0 saturated carbocycles. The van der Waals surface area contributed by atoms with Crippen molar-refractivity contribution >= 4 is 5.91 Å². The molecule has 1 amide bonds. The van der Waals surface area contributed by atoms with Crippen molar-refractivity contribution in [1.29, 1.82) is 0 Å². The minimum absolute atomic E-state index is 0.0881. The summed E-state index contributed by atoms with van der Waals surface area (Å²) < 4.78 is 5.62. The molecule has 1 fully saturated rings. The number of amides is 1. The Labute approximate surface area is 104 Å². The predicted molar refractivity (Wildman–Crippen MR) is 67.7 cm³/mol. The molecule has 3 N–H and O–H groups in total. The van der Waals surface area contributed by atoms with Crippen LogP contribution in [0.3, 0.4) is 0 Å². The Hall–Kier alpha value is -0.650. The quantitative estimate of drug-likeness (QED) is 0.702. The lowest BCUT2D eigenvalue weighted by molar-refractivity contribution is -0.123. The van der Waals surface area contributed by atoms with Gasteiger partial charge in [-0.25, -0.2) is 0 Å². The molecular weight excluding hydrogens is 218 g/mol. The summed E-state index contributed by atoms with van der Waals surface area (Å²) in [4.78, 5) is 13.7. The third-order valence-corrected chi connectivity index (χ3v) is 2.76. The van der Waals surface area contributed by atoms with Crippen molar-refractivity contribution in [2.75, 3.05) is 32.8 Å². The largest absolute Gasteiger partial charge is 0.374 e. The number of nitrogens with one attached hydrogen (secondary N) is 1. The van der Waals surface area contributed by atoms with E-state index in [1.807, 2.05) is 0 Å². The molecular formula is C12H25N3O2. The molecule has 2 atom stereocenters. The van der Waals surface area contributed by atoms with E-state index in [-0.39, 0.29) is 12.0 Å². The Kier molecular flexibility index (Phi) is 5.88. The zero-order valence-corrected chi connectivity index (χ0v) is 11.1. The van der Waals surface area contributed by atoms with Crippen molar-refractivity contribution < 1.29 is 9.53 Å². The number of carbonyl (C=O) groups excluding carboxylic acids is 1. The molecule has 0 bridgehead atoms. The Morgan fingerprint density at radius 3 is 2.82 bits per heavy atom. The van der Waals surface area contributed by atoms with Crippen molar-refractivity contribution in [3.8, 4) is 0 Å². The molecule has 0 aromatic carbocycles. The van der Waals surface area contributed by atoms with Gasteiger partial charge in [-0.1, -0.05) is 13.8 Å². The number of carbonyl (C=O) groups is 1. The van der Waals surface area contributed by atoms with Crippen LogP contribution < -0.4 is 11.1 Å².